The number of carbonyl (C=O) groups excluding carboxylic acids is 1. The van der Waals surface area contributed by atoms with Gasteiger partial charge in [0.05, 0.1) is 11.1 Å². The van der Waals surface area contributed by atoms with Crippen LogP contribution in [0.5, 0.6) is 5.75 Å². The van der Waals surface area contributed by atoms with E-state index < -0.39 is 16.6 Å². The Hall–Kier alpha value is -4.01. The van der Waals surface area contributed by atoms with Crippen LogP contribution in [0.1, 0.15) is 5.76 Å². The Bertz CT molecular complexity index is 997. The molecule has 1 amide bonds. The summed E-state index contributed by atoms with van der Waals surface area (Å²) in [6.07, 6.45) is 1.31. The lowest BCUT2D eigenvalue weighted by atomic mass is 10.1. The number of furan rings is 1. The number of halogens is 1. The molecule has 9 heteroatoms. The van der Waals surface area contributed by atoms with Crippen molar-refractivity contribution >= 4 is 17.8 Å². The van der Waals surface area contributed by atoms with Crippen molar-refractivity contribution in [3.05, 3.63) is 82.4 Å². The number of rotatable bonds is 7. The zero-order valence-corrected chi connectivity index (χ0v) is 14.4. The predicted octanol–water partition coefficient (Wildman–Crippen LogP) is 3.52. The summed E-state index contributed by atoms with van der Waals surface area (Å²) in [5.74, 6) is 0.352. The van der Waals surface area contributed by atoms with Crippen molar-refractivity contribution in [3.63, 3.8) is 0 Å². The van der Waals surface area contributed by atoms with Gasteiger partial charge in [0.1, 0.15) is 23.1 Å². The average molecular weight is 383 g/mol. The van der Waals surface area contributed by atoms with E-state index in [1.165, 1.54) is 42.6 Å². The molecule has 3 rings (SSSR count). The number of benzene rings is 2. The van der Waals surface area contributed by atoms with E-state index in [1.54, 1.807) is 24.3 Å². The fourth-order valence-electron chi connectivity index (χ4n) is 2.20. The van der Waals surface area contributed by atoms with Crippen LogP contribution in [0.2, 0.25) is 0 Å². The lowest BCUT2D eigenvalue weighted by molar-refractivity contribution is -0.384. The molecule has 0 bridgehead atoms. The molecule has 0 spiro atoms. The third-order valence-corrected chi connectivity index (χ3v) is 3.55. The maximum absolute atomic E-state index is 12.8. The highest BCUT2D eigenvalue weighted by atomic mass is 19.1. The van der Waals surface area contributed by atoms with Gasteiger partial charge in [-0.2, -0.15) is 5.10 Å². The summed E-state index contributed by atoms with van der Waals surface area (Å²) in [5, 5.41) is 14.4. The van der Waals surface area contributed by atoms with Crippen LogP contribution in [0.25, 0.3) is 11.3 Å². The van der Waals surface area contributed by atoms with Crippen molar-refractivity contribution < 1.29 is 23.3 Å². The number of nitrogens with one attached hydrogen (secondary N) is 1. The first kappa shape index (κ1) is 18.8. The first-order valence-electron chi connectivity index (χ1n) is 8.06. The minimum atomic E-state index is -0.497. The number of ether oxygens (including phenoxy) is 1. The second-order valence-electron chi connectivity index (χ2n) is 5.54. The Morgan fingerprint density at radius 3 is 2.54 bits per heavy atom. The molecule has 28 heavy (non-hydrogen) atoms. The molecule has 1 heterocycles. The molecule has 0 saturated carbocycles. The van der Waals surface area contributed by atoms with Crippen molar-refractivity contribution in [1.29, 1.82) is 0 Å². The summed E-state index contributed by atoms with van der Waals surface area (Å²) >= 11 is 0. The SMILES string of the molecule is O=C(COc1ccc(F)cc1)N/N=C/c1ccc(-c2ccc([N+](=O)[O-])cc2)o1. The first-order chi connectivity index (χ1) is 13.5. The van der Waals surface area contributed by atoms with Gasteiger partial charge in [0, 0.05) is 17.7 Å². The molecule has 0 fully saturated rings. The second kappa shape index (κ2) is 8.58. The Balaban J connectivity index is 1.51. The van der Waals surface area contributed by atoms with Gasteiger partial charge in [-0.15, -0.1) is 0 Å². The molecule has 1 aromatic heterocycles. The fourth-order valence-corrected chi connectivity index (χ4v) is 2.20. The van der Waals surface area contributed by atoms with E-state index >= 15 is 0 Å². The smallest absolute Gasteiger partial charge is 0.277 e. The van der Waals surface area contributed by atoms with Gasteiger partial charge >= 0.3 is 0 Å². The molecular weight excluding hydrogens is 369 g/mol. The lowest BCUT2D eigenvalue weighted by Gasteiger charge is -2.04. The summed E-state index contributed by atoms with van der Waals surface area (Å²) in [4.78, 5) is 21.9. The molecule has 0 unspecified atom stereocenters. The summed E-state index contributed by atoms with van der Waals surface area (Å²) in [7, 11) is 0. The summed E-state index contributed by atoms with van der Waals surface area (Å²) in [5.41, 5.74) is 2.94. The number of nitro benzene ring substituents is 1. The van der Waals surface area contributed by atoms with Crippen LogP contribution in [0.3, 0.4) is 0 Å². The summed E-state index contributed by atoms with van der Waals surface area (Å²) < 4.78 is 23.5. The highest BCUT2D eigenvalue weighted by Crippen LogP contribution is 2.24. The van der Waals surface area contributed by atoms with Crippen LogP contribution in [0.4, 0.5) is 10.1 Å². The maximum atomic E-state index is 12.8. The van der Waals surface area contributed by atoms with E-state index in [0.717, 1.165) is 0 Å². The van der Waals surface area contributed by atoms with E-state index in [9.17, 15) is 19.3 Å². The van der Waals surface area contributed by atoms with Gasteiger partial charge < -0.3 is 9.15 Å². The molecule has 1 N–H and O–H groups in total. The van der Waals surface area contributed by atoms with Gasteiger partial charge in [0.25, 0.3) is 11.6 Å². The largest absolute Gasteiger partial charge is 0.484 e. The van der Waals surface area contributed by atoms with Gasteiger partial charge in [0.15, 0.2) is 6.61 Å². The number of amides is 1. The van der Waals surface area contributed by atoms with Crippen LogP contribution in [0.15, 0.2) is 70.2 Å². The number of nitrogens with zero attached hydrogens (tertiary/aromatic N) is 2. The lowest BCUT2D eigenvalue weighted by Crippen LogP contribution is -2.24. The van der Waals surface area contributed by atoms with Crippen LogP contribution in [-0.2, 0) is 4.79 Å². The van der Waals surface area contributed by atoms with Gasteiger partial charge in [0.2, 0.25) is 0 Å². The first-order valence-corrected chi connectivity index (χ1v) is 8.06. The van der Waals surface area contributed by atoms with Crippen LogP contribution >= 0.6 is 0 Å². The van der Waals surface area contributed by atoms with Crippen molar-refractivity contribution in [2.24, 2.45) is 5.10 Å². The number of carbonyl (C=O) groups is 1. The van der Waals surface area contributed by atoms with Gasteiger partial charge in [-0.05, 0) is 48.5 Å². The minimum Gasteiger partial charge on any atom is -0.484 e. The van der Waals surface area contributed by atoms with Crippen LogP contribution in [0, 0.1) is 15.9 Å². The second-order valence-corrected chi connectivity index (χ2v) is 5.54. The van der Waals surface area contributed by atoms with E-state index in [2.05, 4.69) is 10.5 Å². The molecule has 3 aromatic rings. The van der Waals surface area contributed by atoms with E-state index in [-0.39, 0.29) is 12.3 Å². The molecule has 0 aliphatic heterocycles. The molecule has 0 saturated heterocycles. The third-order valence-electron chi connectivity index (χ3n) is 3.55. The van der Waals surface area contributed by atoms with Crippen molar-refractivity contribution in [2.75, 3.05) is 6.61 Å². The van der Waals surface area contributed by atoms with Crippen molar-refractivity contribution in [3.8, 4) is 17.1 Å². The predicted molar refractivity (Wildman–Crippen MR) is 98.4 cm³/mol. The molecule has 0 aliphatic carbocycles. The number of nitro groups is 1. The minimum absolute atomic E-state index is 0.0114. The van der Waals surface area contributed by atoms with Gasteiger partial charge in [-0.1, -0.05) is 0 Å². The van der Waals surface area contributed by atoms with E-state index in [0.29, 0.717) is 22.8 Å². The highest BCUT2D eigenvalue weighted by molar-refractivity contribution is 5.81. The van der Waals surface area contributed by atoms with Crippen molar-refractivity contribution in [1.82, 2.24) is 5.43 Å². The number of hydrazone groups is 1. The van der Waals surface area contributed by atoms with Crippen molar-refractivity contribution in [2.45, 2.75) is 0 Å². The maximum Gasteiger partial charge on any atom is 0.277 e. The highest BCUT2D eigenvalue weighted by Gasteiger charge is 2.08. The van der Waals surface area contributed by atoms with E-state index in [1.807, 2.05) is 0 Å². The normalized spacial score (nSPS) is 10.8. The summed E-state index contributed by atoms with van der Waals surface area (Å²) in [6, 6.07) is 14.5. The summed E-state index contributed by atoms with van der Waals surface area (Å²) in [6.45, 7) is -0.283. The van der Waals surface area contributed by atoms with Gasteiger partial charge in [-0.3, -0.25) is 14.9 Å². The molecule has 0 radical (unpaired) electrons. The molecule has 142 valence electrons. The zero-order valence-electron chi connectivity index (χ0n) is 14.4. The molecule has 2 aromatic carbocycles. The van der Waals surface area contributed by atoms with E-state index in [4.69, 9.17) is 9.15 Å². The number of non-ortho nitro benzene ring substituents is 1. The molecule has 0 atom stereocenters. The molecule has 8 nitrogen and oxygen atoms in total. The monoisotopic (exact) mass is 383 g/mol. The Labute approximate surface area is 158 Å². The number of hydrogen-bond donors (Lipinski definition) is 1. The Morgan fingerprint density at radius 1 is 1.14 bits per heavy atom. The van der Waals surface area contributed by atoms with Crippen LogP contribution in [-0.4, -0.2) is 23.7 Å². The molecule has 0 aliphatic rings. The third kappa shape index (κ3) is 5.01. The topological polar surface area (TPSA) is 107 Å². The van der Waals surface area contributed by atoms with Gasteiger partial charge in [-0.25, -0.2) is 9.82 Å². The fraction of sp³-hybridized carbons (Fsp3) is 0.0526. The zero-order chi connectivity index (χ0) is 19.9. The number of hydrogen-bond acceptors (Lipinski definition) is 6. The Kier molecular flexibility index (Phi) is 5.75. The average Bonchev–Trinajstić information content (AvgIpc) is 3.16. The molecular formula is C19H14FN3O5. The van der Waals surface area contributed by atoms with Crippen LogP contribution < -0.4 is 10.2 Å². The Morgan fingerprint density at radius 2 is 1.86 bits per heavy atom. The quantitative estimate of drug-likeness (QED) is 0.382. The standard InChI is InChI=1S/C19H14FN3O5/c20-14-3-7-16(8-4-14)27-12-19(24)22-21-11-17-9-10-18(28-17)13-1-5-15(6-2-13)23(25)26/h1-11H,12H2,(H,22,24)/b21-11+.